The number of nitrogens with one attached hydrogen (secondary N) is 1. The molecule has 0 fully saturated rings. The molecule has 96 valence electrons. The molecule has 0 aliphatic heterocycles. The predicted octanol–water partition coefficient (Wildman–Crippen LogP) is 2.36. The highest BCUT2D eigenvalue weighted by molar-refractivity contribution is 6.18. The summed E-state index contributed by atoms with van der Waals surface area (Å²) < 4.78 is 5.15. The van der Waals surface area contributed by atoms with E-state index in [4.69, 9.17) is 16.1 Å². The highest BCUT2D eigenvalue weighted by Crippen LogP contribution is 2.17. The lowest BCUT2D eigenvalue weighted by Gasteiger charge is -2.08. The zero-order valence-electron chi connectivity index (χ0n) is 10.1. The van der Waals surface area contributed by atoms with Crippen LogP contribution in [0.4, 0.5) is 0 Å². The van der Waals surface area contributed by atoms with Crippen LogP contribution in [0.1, 0.15) is 12.6 Å². The van der Waals surface area contributed by atoms with Gasteiger partial charge in [-0.25, -0.2) is 0 Å². The maximum absolute atomic E-state index is 11.7. The largest absolute Gasteiger partial charge is 0.356 e. The van der Waals surface area contributed by atoms with Gasteiger partial charge in [-0.1, -0.05) is 24.2 Å². The van der Waals surface area contributed by atoms with E-state index in [-0.39, 0.29) is 18.2 Å². The number of carbonyl (C=O) groups is 1. The lowest BCUT2D eigenvalue weighted by molar-refractivity contribution is -0.120. The van der Waals surface area contributed by atoms with Gasteiger partial charge < -0.3 is 9.84 Å². The summed E-state index contributed by atoms with van der Waals surface area (Å²) in [6.07, 6.45) is 0.228. The van der Waals surface area contributed by atoms with Crippen molar-refractivity contribution < 1.29 is 9.32 Å². The lowest BCUT2D eigenvalue weighted by atomic mass is 10.1. The Morgan fingerprint density at radius 2 is 2.28 bits per heavy atom. The molecule has 1 aromatic carbocycles. The first kappa shape index (κ1) is 12.9. The Morgan fingerprint density at radius 1 is 1.50 bits per heavy atom. The highest BCUT2D eigenvalue weighted by Gasteiger charge is 2.12. The van der Waals surface area contributed by atoms with E-state index >= 15 is 0 Å². The van der Waals surface area contributed by atoms with Crippen molar-refractivity contribution in [1.29, 1.82) is 0 Å². The van der Waals surface area contributed by atoms with Crippen LogP contribution in [0.2, 0.25) is 0 Å². The molecule has 0 aliphatic carbocycles. The van der Waals surface area contributed by atoms with Crippen LogP contribution >= 0.6 is 11.6 Å². The average molecular weight is 267 g/mol. The third-order valence-electron chi connectivity index (χ3n) is 2.69. The number of amides is 1. The molecule has 4 nitrogen and oxygen atoms in total. The fraction of sp³-hybridized carbons (Fsp3) is 0.385. The zero-order chi connectivity index (χ0) is 13.0. The molecule has 0 spiro atoms. The van der Waals surface area contributed by atoms with Crippen molar-refractivity contribution in [2.45, 2.75) is 13.3 Å². The Bertz CT molecular complexity index is 539. The molecular weight excluding hydrogens is 252 g/mol. The molecule has 0 radical (unpaired) electrons. The minimum atomic E-state index is -0.0639. The molecule has 0 saturated carbocycles. The first-order chi connectivity index (χ1) is 8.70. The van der Waals surface area contributed by atoms with Crippen LogP contribution in [0.25, 0.3) is 11.0 Å². The molecule has 1 N–H and O–H groups in total. The van der Waals surface area contributed by atoms with Gasteiger partial charge >= 0.3 is 0 Å². The molecule has 1 aromatic heterocycles. The molecule has 0 bridgehead atoms. The molecule has 1 heterocycles. The van der Waals surface area contributed by atoms with Crippen molar-refractivity contribution in [1.82, 2.24) is 10.5 Å². The van der Waals surface area contributed by atoms with Crippen LogP contribution in [0.15, 0.2) is 28.8 Å². The minimum absolute atomic E-state index is 0.0639. The van der Waals surface area contributed by atoms with E-state index < -0.39 is 0 Å². The van der Waals surface area contributed by atoms with E-state index in [0.29, 0.717) is 23.7 Å². The van der Waals surface area contributed by atoms with Crippen molar-refractivity contribution in [2.75, 3.05) is 12.4 Å². The Balaban J connectivity index is 1.99. The molecule has 1 unspecified atom stereocenters. The second-order valence-corrected chi connectivity index (χ2v) is 4.67. The number of benzene rings is 1. The van der Waals surface area contributed by atoms with Crippen LogP contribution in [-0.4, -0.2) is 23.5 Å². The summed E-state index contributed by atoms with van der Waals surface area (Å²) in [5.41, 5.74) is 1.37. The fourth-order valence-corrected chi connectivity index (χ4v) is 1.73. The van der Waals surface area contributed by atoms with E-state index in [9.17, 15) is 4.79 Å². The van der Waals surface area contributed by atoms with Gasteiger partial charge in [0.05, 0.1) is 6.42 Å². The minimum Gasteiger partial charge on any atom is -0.356 e. The summed E-state index contributed by atoms with van der Waals surface area (Å²) in [6.45, 7) is 2.57. The smallest absolute Gasteiger partial charge is 0.226 e. The summed E-state index contributed by atoms with van der Waals surface area (Å²) >= 11 is 5.68. The maximum atomic E-state index is 11.7. The van der Waals surface area contributed by atoms with Gasteiger partial charge in [-0.3, -0.25) is 4.79 Å². The monoisotopic (exact) mass is 266 g/mol. The molecule has 18 heavy (non-hydrogen) atoms. The van der Waals surface area contributed by atoms with E-state index in [1.54, 1.807) is 0 Å². The Labute approximate surface area is 110 Å². The van der Waals surface area contributed by atoms with E-state index in [1.807, 2.05) is 31.2 Å². The summed E-state index contributed by atoms with van der Waals surface area (Å²) in [5.74, 6) is 0.739. The molecule has 1 amide bonds. The van der Waals surface area contributed by atoms with Crippen molar-refractivity contribution in [3.63, 3.8) is 0 Å². The van der Waals surface area contributed by atoms with Crippen molar-refractivity contribution in [3.8, 4) is 0 Å². The second-order valence-electron chi connectivity index (χ2n) is 4.37. The summed E-state index contributed by atoms with van der Waals surface area (Å²) in [6, 6.07) is 7.51. The number of fused-ring (bicyclic) bond motifs is 1. The SMILES string of the molecule is CC(CCl)CNC(=O)Cc1noc2ccccc12. The van der Waals surface area contributed by atoms with Gasteiger partial charge in [-0.15, -0.1) is 11.6 Å². The van der Waals surface area contributed by atoms with Gasteiger partial charge in [0.15, 0.2) is 5.58 Å². The van der Waals surface area contributed by atoms with Crippen molar-refractivity contribution in [3.05, 3.63) is 30.0 Å². The van der Waals surface area contributed by atoms with Gasteiger partial charge in [0, 0.05) is 17.8 Å². The number of hydrogen-bond donors (Lipinski definition) is 1. The quantitative estimate of drug-likeness (QED) is 0.846. The van der Waals surface area contributed by atoms with E-state index in [1.165, 1.54) is 0 Å². The average Bonchev–Trinajstić information content (AvgIpc) is 2.79. The number of aromatic nitrogens is 1. The number of halogens is 1. The van der Waals surface area contributed by atoms with E-state index in [2.05, 4.69) is 10.5 Å². The summed E-state index contributed by atoms with van der Waals surface area (Å²) in [5, 5.41) is 7.64. The number of rotatable bonds is 5. The normalized spacial score (nSPS) is 12.6. The van der Waals surface area contributed by atoms with Gasteiger partial charge in [0.1, 0.15) is 5.69 Å². The number of nitrogens with zero attached hydrogens (tertiary/aromatic N) is 1. The standard InChI is InChI=1S/C13H15ClN2O2/c1-9(7-14)8-15-13(17)6-11-10-4-2-3-5-12(10)18-16-11/h2-5,9H,6-8H2,1H3,(H,15,17). The summed E-state index contributed by atoms with van der Waals surface area (Å²) in [7, 11) is 0. The van der Waals surface area contributed by atoms with Crippen LogP contribution < -0.4 is 5.32 Å². The number of hydrogen-bond acceptors (Lipinski definition) is 3. The van der Waals surface area contributed by atoms with E-state index in [0.717, 1.165) is 5.39 Å². The van der Waals surface area contributed by atoms with Crippen LogP contribution in [0, 0.1) is 5.92 Å². The summed E-state index contributed by atoms with van der Waals surface area (Å²) in [4.78, 5) is 11.7. The molecule has 2 rings (SSSR count). The number of para-hydroxylation sites is 1. The zero-order valence-corrected chi connectivity index (χ0v) is 10.9. The first-order valence-electron chi connectivity index (χ1n) is 5.86. The Kier molecular flexibility index (Phi) is 4.20. The van der Waals surface area contributed by atoms with Crippen molar-refractivity contribution >= 4 is 28.5 Å². The Hall–Kier alpha value is -1.55. The van der Waals surface area contributed by atoms with Gasteiger partial charge in [-0.2, -0.15) is 0 Å². The van der Waals surface area contributed by atoms with Crippen LogP contribution in [0.5, 0.6) is 0 Å². The fourth-order valence-electron chi connectivity index (χ4n) is 1.62. The molecule has 2 aromatic rings. The molecular formula is C13H15ClN2O2. The topological polar surface area (TPSA) is 55.1 Å². The third kappa shape index (κ3) is 3.01. The molecule has 0 saturated heterocycles. The Morgan fingerprint density at radius 3 is 3.06 bits per heavy atom. The van der Waals surface area contributed by atoms with Crippen molar-refractivity contribution in [2.24, 2.45) is 5.92 Å². The number of carbonyl (C=O) groups excluding carboxylic acids is 1. The second kappa shape index (κ2) is 5.87. The molecule has 1 atom stereocenters. The maximum Gasteiger partial charge on any atom is 0.226 e. The van der Waals surface area contributed by atoms with Gasteiger partial charge in [0.25, 0.3) is 0 Å². The van der Waals surface area contributed by atoms with Crippen LogP contribution in [-0.2, 0) is 11.2 Å². The molecule has 0 aliphatic rings. The third-order valence-corrected chi connectivity index (χ3v) is 3.22. The van der Waals surface area contributed by atoms with Gasteiger partial charge in [-0.05, 0) is 18.1 Å². The van der Waals surface area contributed by atoms with Gasteiger partial charge in [0.2, 0.25) is 5.91 Å². The lowest BCUT2D eigenvalue weighted by Crippen LogP contribution is -2.30. The first-order valence-corrected chi connectivity index (χ1v) is 6.40. The predicted molar refractivity (Wildman–Crippen MR) is 70.6 cm³/mol. The van der Waals surface area contributed by atoms with Crippen LogP contribution in [0.3, 0.4) is 0 Å². The highest BCUT2D eigenvalue weighted by atomic mass is 35.5. The molecule has 5 heteroatoms. The number of alkyl halides is 1.